The lowest BCUT2D eigenvalue weighted by Gasteiger charge is -2.18. The van der Waals surface area contributed by atoms with Crippen LogP contribution in [-0.4, -0.2) is 15.9 Å². The Morgan fingerprint density at radius 2 is 1.44 bits per heavy atom. The van der Waals surface area contributed by atoms with Gasteiger partial charge in [0, 0.05) is 16.8 Å². The zero-order chi connectivity index (χ0) is 17.9. The van der Waals surface area contributed by atoms with Crippen molar-refractivity contribution in [1.82, 2.24) is 0 Å². The molecule has 1 aliphatic heterocycles. The van der Waals surface area contributed by atoms with Crippen LogP contribution in [0, 0.1) is 0 Å². The highest BCUT2D eigenvalue weighted by Gasteiger charge is 2.29. The fourth-order valence-electron chi connectivity index (χ4n) is 3.65. The lowest BCUT2D eigenvalue weighted by Crippen LogP contribution is -2.22. The summed E-state index contributed by atoms with van der Waals surface area (Å²) >= 11 is 0. The number of anilines is 2. The molecule has 0 bridgehead atoms. The largest absolute Gasteiger partial charge is 0.507 e. The average molecular weight is 336 g/mol. The predicted molar refractivity (Wildman–Crippen MR) is 99.2 cm³/mol. The fraction of sp³-hybridized carbons (Fsp3) is 0.263. The average Bonchev–Trinajstić information content (AvgIpc) is 3.00. The summed E-state index contributed by atoms with van der Waals surface area (Å²) in [6.07, 6.45) is 1.52. The van der Waals surface area contributed by atoms with E-state index in [2.05, 4.69) is 0 Å². The molecule has 3 aromatic carbocycles. The molecule has 1 aliphatic rings. The minimum atomic E-state index is -0.519. The van der Waals surface area contributed by atoms with Gasteiger partial charge in [-0.1, -0.05) is 13.8 Å². The van der Waals surface area contributed by atoms with Crippen LogP contribution < -0.4 is 22.2 Å². The third-order valence-corrected chi connectivity index (χ3v) is 5.17. The van der Waals surface area contributed by atoms with Crippen LogP contribution in [0.25, 0.3) is 21.5 Å². The van der Waals surface area contributed by atoms with Gasteiger partial charge in [-0.25, -0.2) is 0 Å². The zero-order valence-electron chi connectivity index (χ0n) is 14.2. The second-order valence-corrected chi connectivity index (χ2v) is 6.46. The molecule has 3 aromatic rings. The lowest BCUT2D eigenvalue weighted by atomic mass is 9.97. The second-order valence-electron chi connectivity index (χ2n) is 6.46. The van der Waals surface area contributed by atoms with Crippen molar-refractivity contribution in [2.24, 2.45) is 9.98 Å². The summed E-state index contributed by atoms with van der Waals surface area (Å²) in [5, 5.41) is 24.7. The monoisotopic (exact) mass is 336 g/mol. The second kappa shape index (κ2) is 4.99. The summed E-state index contributed by atoms with van der Waals surface area (Å²) in [7, 11) is 0. The van der Waals surface area contributed by atoms with Crippen LogP contribution in [0.2, 0.25) is 0 Å². The van der Waals surface area contributed by atoms with Gasteiger partial charge in [0.1, 0.15) is 11.5 Å². The maximum atomic E-state index is 11.0. The molecular formula is C19H20N4O2. The molecule has 0 radical (unpaired) electrons. The van der Waals surface area contributed by atoms with Crippen LogP contribution in [0.3, 0.4) is 0 Å². The minimum absolute atomic E-state index is 0.00361. The first-order chi connectivity index (χ1) is 11.9. The van der Waals surface area contributed by atoms with Gasteiger partial charge in [-0.2, -0.15) is 0 Å². The van der Waals surface area contributed by atoms with Crippen LogP contribution in [0.4, 0.5) is 11.4 Å². The van der Waals surface area contributed by atoms with Crippen molar-refractivity contribution in [3.63, 3.8) is 0 Å². The van der Waals surface area contributed by atoms with E-state index in [1.54, 1.807) is 18.2 Å². The molecular weight excluding hydrogens is 316 g/mol. The van der Waals surface area contributed by atoms with Gasteiger partial charge in [0.05, 0.1) is 26.9 Å². The SMILES string of the molecule is CCC1(CC)N=c2ccc3c(O)c4c(N)ccc(N)c4c(O)c3c2=N1. The van der Waals surface area contributed by atoms with E-state index in [0.717, 1.165) is 12.8 Å². The van der Waals surface area contributed by atoms with Crippen molar-refractivity contribution in [1.29, 1.82) is 0 Å². The molecule has 25 heavy (non-hydrogen) atoms. The zero-order valence-corrected chi connectivity index (χ0v) is 14.2. The number of benzene rings is 3. The van der Waals surface area contributed by atoms with Crippen LogP contribution in [-0.2, 0) is 0 Å². The molecule has 0 saturated carbocycles. The van der Waals surface area contributed by atoms with Gasteiger partial charge in [0.2, 0.25) is 0 Å². The molecule has 0 unspecified atom stereocenters. The Kier molecular flexibility index (Phi) is 3.09. The molecule has 0 fully saturated rings. The highest BCUT2D eigenvalue weighted by molar-refractivity contribution is 6.17. The molecule has 1 heterocycles. The van der Waals surface area contributed by atoms with Gasteiger partial charge in [-0.3, -0.25) is 9.98 Å². The van der Waals surface area contributed by atoms with Crippen molar-refractivity contribution in [2.75, 3.05) is 11.5 Å². The summed E-state index contributed by atoms with van der Waals surface area (Å²) < 4.78 is 0. The maximum Gasteiger partial charge on any atom is 0.151 e. The molecule has 0 aromatic heterocycles. The van der Waals surface area contributed by atoms with E-state index in [1.807, 2.05) is 19.9 Å². The highest BCUT2D eigenvalue weighted by Crippen LogP contribution is 2.45. The van der Waals surface area contributed by atoms with Crippen LogP contribution >= 0.6 is 0 Å². The molecule has 0 saturated heterocycles. The van der Waals surface area contributed by atoms with E-state index in [-0.39, 0.29) is 11.5 Å². The van der Waals surface area contributed by atoms with Gasteiger partial charge in [-0.15, -0.1) is 0 Å². The molecule has 4 rings (SSSR count). The summed E-state index contributed by atoms with van der Waals surface area (Å²) in [6.45, 7) is 4.08. The summed E-state index contributed by atoms with van der Waals surface area (Å²) in [5.74, 6) is -0.0255. The van der Waals surface area contributed by atoms with Gasteiger partial charge >= 0.3 is 0 Å². The Morgan fingerprint density at radius 1 is 0.840 bits per heavy atom. The first-order valence-corrected chi connectivity index (χ1v) is 8.36. The Bertz CT molecular complexity index is 1160. The Morgan fingerprint density at radius 3 is 2.04 bits per heavy atom. The van der Waals surface area contributed by atoms with Crippen molar-refractivity contribution >= 4 is 32.9 Å². The number of rotatable bonds is 2. The number of phenolic OH excluding ortho intramolecular Hbond substituents is 2. The van der Waals surface area contributed by atoms with E-state index >= 15 is 0 Å². The standard InChI is InChI=1S/C19H20N4O2/c1-3-19(4-2)22-12-8-5-9-13(16(12)23-19)18(25)15-11(21)7-6-10(20)14(15)17(9)24/h5-8,24-25H,3-4,20-21H2,1-2H3. The van der Waals surface area contributed by atoms with Gasteiger partial charge < -0.3 is 21.7 Å². The molecule has 0 amide bonds. The Labute approximate surface area is 144 Å². The van der Waals surface area contributed by atoms with E-state index in [1.165, 1.54) is 0 Å². The van der Waals surface area contributed by atoms with Crippen LogP contribution in [0.1, 0.15) is 26.7 Å². The van der Waals surface area contributed by atoms with E-state index in [9.17, 15) is 10.2 Å². The van der Waals surface area contributed by atoms with Crippen molar-refractivity contribution < 1.29 is 10.2 Å². The van der Waals surface area contributed by atoms with E-state index in [4.69, 9.17) is 21.5 Å². The summed E-state index contributed by atoms with van der Waals surface area (Å²) in [6, 6.07) is 6.80. The summed E-state index contributed by atoms with van der Waals surface area (Å²) in [5.41, 5.74) is 12.3. The molecule has 6 N–H and O–H groups in total. The number of nitrogens with two attached hydrogens (primary N) is 2. The normalized spacial score (nSPS) is 15.1. The van der Waals surface area contributed by atoms with Gasteiger partial charge in [0.15, 0.2) is 5.66 Å². The number of aromatic hydroxyl groups is 2. The number of hydrogen-bond acceptors (Lipinski definition) is 6. The topological polar surface area (TPSA) is 117 Å². The molecule has 128 valence electrons. The van der Waals surface area contributed by atoms with Crippen LogP contribution in [0.15, 0.2) is 34.3 Å². The number of phenols is 2. The number of nitrogens with zero attached hydrogens (tertiary/aromatic N) is 2. The molecule has 0 spiro atoms. The quantitative estimate of drug-likeness (QED) is 0.326. The maximum absolute atomic E-state index is 11.0. The van der Waals surface area contributed by atoms with Gasteiger partial charge in [0.25, 0.3) is 0 Å². The smallest absolute Gasteiger partial charge is 0.151 e. The number of nitrogen functional groups attached to an aromatic ring is 2. The molecule has 0 atom stereocenters. The van der Waals surface area contributed by atoms with E-state index < -0.39 is 5.66 Å². The Hall–Kier alpha value is -3.02. The van der Waals surface area contributed by atoms with Crippen molar-refractivity contribution in [3.05, 3.63) is 35.0 Å². The van der Waals surface area contributed by atoms with Crippen LogP contribution in [0.5, 0.6) is 11.5 Å². The molecule has 6 nitrogen and oxygen atoms in total. The summed E-state index contributed by atoms with van der Waals surface area (Å²) in [4.78, 5) is 9.54. The number of fused-ring (bicyclic) bond motifs is 4. The van der Waals surface area contributed by atoms with E-state index in [0.29, 0.717) is 43.6 Å². The first-order valence-electron chi connectivity index (χ1n) is 8.36. The first kappa shape index (κ1) is 15.5. The number of hydrogen-bond donors (Lipinski definition) is 4. The minimum Gasteiger partial charge on any atom is -0.507 e. The van der Waals surface area contributed by atoms with Gasteiger partial charge in [-0.05, 0) is 37.1 Å². The predicted octanol–water partition coefficient (Wildman–Crippen LogP) is 2.34. The fourth-order valence-corrected chi connectivity index (χ4v) is 3.65. The third-order valence-electron chi connectivity index (χ3n) is 5.17. The van der Waals surface area contributed by atoms with Crippen molar-refractivity contribution in [2.45, 2.75) is 32.4 Å². The lowest BCUT2D eigenvalue weighted by molar-refractivity contribution is 0.416. The highest BCUT2D eigenvalue weighted by atomic mass is 16.3. The molecule has 0 aliphatic carbocycles. The Balaban J connectivity index is 2.29. The molecule has 6 heteroatoms. The van der Waals surface area contributed by atoms with Crippen molar-refractivity contribution in [3.8, 4) is 11.5 Å². The third kappa shape index (κ3) is 1.91.